The Balaban J connectivity index is 3.25. The fourth-order valence-electron chi connectivity index (χ4n) is 0.665. The molecule has 0 spiro atoms. The van der Waals surface area contributed by atoms with Crippen LogP contribution in [0.15, 0.2) is 33.8 Å². The van der Waals surface area contributed by atoms with E-state index in [0.717, 1.165) is 0 Å². The van der Waals surface area contributed by atoms with Gasteiger partial charge in [-0.05, 0) is 12.1 Å². The Morgan fingerprint density at radius 2 is 2.27 bits per heavy atom. The van der Waals surface area contributed by atoms with E-state index in [1.165, 1.54) is 7.05 Å². The molecule has 1 heterocycles. The summed E-state index contributed by atoms with van der Waals surface area (Å²) in [7, 11) is -0.696. The molecular formula is C7H10N2OS. The SMILES string of the molecule is CN=[S@](C)(=O)c1ccccn1. The summed E-state index contributed by atoms with van der Waals surface area (Å²) in [5, 5.41) is 0.544. The minimum Gasteiger partial charge on any atom is -0.246 e. The van der Waals surface area contributed by atoms with Crippen molar-refractivity contribution in [3.8, 4) is 0 Å². The molecule has 1 atom stereocenters. The summed E-state index contributed by atoms with van der Waals surface area (Å²) in [6.07, 6.45) is 3.19. The molecule has 0 fully saturated rings. The molecule has 0 saturated carbocycles. The summed E-state index contributed by atoms with van der Waals surface area (Å²) in [6.45, 7) is 0. The number of rotatable bonds is 1. The van der Waals surface area contributed by atoms with Gasteiger partial charge in [-0.3, -0.25) is 0 Å². The normalized spacial score (nSPS) is 15.5. The van der Waals surface area contributed by atoms with Gasteiger partial charge in [0, 0.05) is 19.5 Å². The monoisotopic (exact) mass is 170 g/mol. The van der Waals surface area contributed by atoms with E-state index in [9.17, 15) is 4.21 Å². The van der Waals surface area contributed by atoms with Crippen LogP contribution in [0.1, 0.15) is 0 Å². The Morgan fingerprint density at radius 3 is 2.73 bits per heavy atom. The zero-order chi connectivity index (χ0) is 8.32. The van der Waals surface area contributed by atoms with E-state index in [4.69, 9.17) is 0 Å². The van der Waals surface area contributed by atoms with Crippen LogP contribution >= 0.6 is 0 Å². The molecular weight excluding hydrogens is 160 g/mol. The molecule has 0 amide bonds. The fourth-order valence-corrected chi connectivity index (χ4v) is 1.44. The predicted octanol–water partition coefficient (Wildman–Crippen LogP) is 1.17. The molecule has 0 unspecified atom stereocenters. The average Bonchev–Trinajstić information content (AvgIpc) is 2.06. The van der Waals surface area contributed by atoms with Gasteiger partial charge in [0.2, 0.25) is 0 Å². The number of aromatic nitrogens is 1. The van der Waals surface area contributed by atoms with Gasteiger partial charge < -0.3 is 0 Å². The fraction of sp³-hybridized carbons (Fsp3) is 0.286. The number of nitrogens with zero attached hydrogens (tertiary/aromatic N) is 2. The Hall–Kier alpha value is -0.900. The molecule has 11 heavy (non-hydrogen) atoms. The minimum atomic E-state index is -2.23. The van der Waals surface area contributed by atoms with Crippen LogP contribution in [0.5, 0.6) is 0 Å². The molecule has 0 aliphatic carbocycles. The molecule has 0 aliphatic heterocycles. The summed E-state index contributed by atoms with van der Waals surface area (Å²) in [5.41, 5.74) is 0. The van der Waals surface area contributed by atoms with Gasteiger partial charge >= 0.3 is 0 Å². The first kappa shape index (κ1) is 8.20. The van der Waals surface area contributed by atoms with Crippen molar-refractivity contribution in [3.05, 3.63) is 24.4 Å². The Kier molecular flexibility index (Phi) is 2.24. The molecule has 4 heteroatoms. The second-order valence-electron chi connectivity index (χ2n) is 2.15. The lowest BCUT2D eigenvalue weighted by atomic mass is 10.5. The topological polar surface area (TPSA) is 42.3 Å². The lowest BCUT2D eigenvalue weighted by Gasteiger charge is -1.99. The van der Waals surface area contributed by atoms with Crippen molar-refractivity contribution in [3.63, 3.8) is 0 Å². The smallest absolute Gasteiger partial charge is 0.135 e. The molecule has 0 bridgehead atoms. The van der Waals surface area contributed by atoms with Gasteiger partial charge in [0.15, 0.2) is 0 Å². The van der Waals surface area contributed by atoms with E-state index >= 15 is 0 Å². The van der Waals surface area contributed by atoms with E-state index in [0.29, 0.717) is 5.03 Å². The quantitative estimate of drug-likeness (QED) is 0.635. The van der Waals surface area contributed by atoms with Crippen molar-refractivity contribution < 1.29 is 4.21 Å². The first-order valence-corrected chi connectivity index (χ1v) is 5.10. The van der Waals surface area contributed by atoms with Gasteiger partial charge in [-0.15, -0.1) is 0 Å². The maximum atomic E-state index is 11.5. The van der Waals surface area contributed by atoms with Crippen LogP contribution in [0.2, 0.25) is 0 Å². The van der Waals surface area contributed by atoms with Crippen molar-refractivity contribution in [2.24, 2.45) is 4.36 Å². The van der Waals surface area contributed by atoms with E-state index in [1.807, 2.05) is 0 Å². The van der Waals surface area contributed by atoms with Crippen LogP contribution in [-0.4, -0.2) is 22.5 Å². The zero-order valence-corrected chi connectivity index (χ0v) is 7.34. The van der Waals surface area contributed by atoms with Crippen molar-refractivity contribution in [2.75, 3.05) is 13.3 Å². The zero-order valence-electron chi connectivity index (χ0n) is 6.52. The van der Waals surface area contributed by atoms with Gasteiger partial charge in [-0.25, -0.2) is 13.6 Å². The van der Waals surface area contributed by atoms with Crippen molar-refractivity contribution >= 4 is 9.73 Å². The first-order chi connectivity index (χ1) is 5.17. The average molecular weight is 170 g/mol. The van der Waals surface area contributed by atoms with Crippen LogP contribution in [0.25, 0.3) is 0 Å². The van der Waals surface area contributed by atoms with E-state index in [2.05, 4.69) is 9.35 Å². The molecule has 0 N–H and O–H groups in total. The van der Waals surface area contributed by atoms with E-state index in [-0.39, 0.29) is 0 Å². The third-order valence-corrected chi connectivity index (χ3v) is 3.09. The molecule has 0 radical (unpaired) electrons. The molecule has 1 aromatic rings. The molecule has 0 aromatic carbocycles. The van der Waals surface area contributed by atoms with Crippen molar-refractivity contribution in [1.82, 2.24) is 4.98 Å². The molecule has 60 valence electrons. The highest BCUT2D eigenvalue weighted by Crippen LogP contribution is 2.04. The summed E-state index contributed by atoms with van der Waals surface area (Å²) in [4.78, 5) is 3.95. The van der Waals surface area contributed by atoms with Gasteiger partial charge in [0.1, 0.15) is 5.03 Å². The first-order valence-electron chi connectivity index (χ1n) is 3.18. The van der Waals surface area contributed by atoms with Crippen LogP contribution in [0.3, 0.4) is 0 Å². The Bertz CT molecular complexity index is 339. The Labute approximate surface area is 66.7 Å². The Morgan fingerprint density at radius 1 is 1.55 bits per heavy atom. The molecule has 3 nitrogen and oxygen atoms in total. The lowest BCUT2D eigenvalue weighted by Crippen LogP contribution is -1.98. The number of hydrogen-bond acceptors (Lipinski definition) is 3. The maximum Gasteiger partial charge on any atom is 0.135 e. The minimum absolute atomic E-state index is 0.544. The van der Waals surface area contributed by atoms with E-state index < -0.39 is 9.73 Å². The molecule has 0 aliphatic rings. The largest absolute Gasteiger partial charge is 0.246 e. The summed E-state index contributed by atoms with van der Waals surface area (Å²) in [5.74, 6) is 0. The highest BCUT2D eigenvalue weighted by Gasteiger charge is 2.02. The lowest BCUT2D eigenvalue weighted by molar-refractivity contribution is 0.677. The van der Waals surface area contributed by atoms with Gasteiger partial charge in [-0.2, -0.15) is 0 Å². The standard InChI is InChI=1S/C7H10N2OS/c1-8-11(2,10)7-5-3-4-6-9-7/h3-6H,1-2H3/t11-/m1/s1. The van der Waals surface area contributed by atoms with Crippen LogP contribution in [0.4, 0.5) is 0 Å². The van der Waals surface area contributed by atoms with Gasteiger partial charge in [-0.1, -0.05) is 6.07 Å². The van der Waals surface area contributed by atoms with Gasteiger partial charge in [0.05, 0.1) is 9.73 Å². The van der Waals surface area contributed by atoms with Crippen molar-refractivity contribution in [1.29, 1.82) is 0 Å². The predicted molar refractivity (Wildman–Crippen MR) is 44.9 cm³/mol. The third kappa shape index (κ3) is 1.77. The highest BCUT2D eigenvalue weighted by atomic mass is 32.2. The summed E-state index contributed by atoms with van der Waals surface area (Å²) in [6, 6.07) is 5.31. The van der Waals surface area contributed by atoms with Gasteiger partial charge in [0.25, 0.3) is 0 Å². The molecule has 0 saturated heterocycles. The third-order valence-electron chi connectivity index (χ3n) is 1.37. The maximum absolute atomic E-state index is 11.5. The molecule has 1 rings (SSSR count). The molecule has 1 aromatic heterocycles. The number of pyridine rings is 1. The summed E-state index contributed by atoms with van der Waals surface area (Å²) >= 11 is 0. The summed E-state index contributed by atoms with van der Waals surface area (Å²) < 4.78 is 15.3. The second-order valence-corrected chi connectivity index (χ2v) is 4.54. The highest BCUT2D eigenvalue weighted by molar-refractivity contribution is 7.92. The number of hydrogen-bond donors (Lipinski definition) is 0. The van der Waals surface area contributed by atoms with E-state index in [1.54, 1.807) is 30.7 Å². The second kappa shape index (κ2) is 3.00. The van der Waals surface area contributed by atoms with Crippen LogP contribution < -0.4 is 0 Å². The van der Waals surface area contributed by atoms with Crippen LogP contribution in [0, 0.1) is 0 Å². The van der Waals surface area contributed by atoms with Crippen molar-refractivity contribution in [2.45, 2.75) is 5.03 Å². The van der Waals surface area contributed by atoms with Crippen LogP contribution in [-0.2, 0) is 9.73 Å².